The number of ether oxygens (including phenoxy) is 6. The van der Waals surface area contributed by atoms with Crippen LogP contribution in [0.5, 0.6) is 17.2 Å². The van der Waals surface area contributed by atoms with Crippen LogP contribution < -0.4 is 14.2 Å². The zero-order valence-corrected chi connectivity index (χ0v) is 18.6. The van der Waals surface area contributed by atoms with Crippen molar-refractivity contribution in [3.63, 3.8) is 0 Å². The number of carbonyl (C=O) groups is 2. The molecular weight excluding hydrogens is 424 g/mol. The van der Waals surface area contributed by atoms with Gasteiger partial charge in [-0.1, -0.05) is 6.07 Å². The number of thiophene rings is 1. The van der Waals surface area contributed by atoms with Gasteiger partial charge in [0.15, 0.2) is 18.3 Å². The summed E-state index contributed by atoms with van der Waals surface area (Å²) in [5.41, 5.74) is 1.29. The van der Waals surface area contributed by atoms with Crippen LogP contribution in [-0.4, -0.2) is 54.3 Å². The summed E-state index contributed by atoms with van der Waals surface area (Å²) < 4.78 is 32.1. The number of carbonyl (C=O) groups excluding carboxylic acids is 2. The van der Waals surface area contributed by atoms with Crippen molar-refractivity contribution in [2.75, 3.05) is 42.3 Å². The fourth-order valence-electron chi connectivity index (χ4n) is 3.23. The SMILES string of the molecule is COCOc1csc2c(-c3ccc(OC)c(OC)c3)c(C(=O)OC)c(C(=O)OC)cc12. The maximum absolute atomic E-state index is 12.8. The highest BCUT2D eigenvalue weighted by Crippen LogP contribution is 2.44. The molecule has 0 aliphatic carbocycles. The molecule has 1 aromatic heterocycles. The predicted molar refractivity (Wildman–Crippen MR) is 116 cm³/mol. The van der Waals surface area contributed by atoms with Crippen LogP contribution in [0.4, 0.5) is 0 Å². The van der Waals surface area contributed by atoms with Gasteiger partial charge in [-0.2, -0.15) is 0 Å². The zero-order chi connectivity index (χ0) is 22.5. The van der Waals surface area contributed by atoms with Gasteiger partial charge in [0.25, 0.3) is 0 Å². The summed E-state index contributed by atoms with van der Waals surface area (Å²) in [4.78, 5) is 25.4. The molecule has 3 rings (SSSR count). The van der Waals surface area contributed by atoms with E-state index in [1.807, 2.05) is 0 Å². The normalized spacial score (nSPS) is 10.6. The highest BCUT2D eigenvalue weighted by atomic mass is 32.1. The molecule has 8 nitrogen and oxygen atoms in total. The zero-order valence-electron chi connectivity index (χ0n) is 17.8. The van der Waals surface area contributed by atoms with Crippen LogP contribution >= 0.6 is 11.3 Å². The van der Waals surface area contributed by atoms with Crippen molar-refractivity contribution in [1.82, 2.24) is 0 Å². The maximum Gasteiger partial charge on any atom is 0.339 e. The van der Waals surface area contributed by atoms with E-state index in [-0.39, 0.29) is 17.9 Å². The average molecular weight is 446 g/mol. The van der Waals surface area contributed by atoms with Crippen LogP contribution in [0.25, 0.3) is 21.2 Å². The summed E-state index contributed by atoms with van der Waals surface area (Å²) >= 11 is 1.37. The van der Waals surface area contributed by atoms with E-state index in [0.29, 0.717) is 33.8 Å². The van der Waals surface area contributed by atoms with E-state index in [0.717, 1.165) is 4.70 Å². The third kappa shape index (κ3) is 4.14. The Labute approximate surface area is 183 Å². The lowest BCUT2D eigenvalue weighted by molar-refractivity contribution is 0.0524. The minimum Gasteiger partial charge on any atom is -0.493 e. The summed E-state index contributed by atoms with van der Waals surface area (Å²) in [6.07, 6.45) is 0. The van der Waals surface area contributed by atoms with Crippen molar-refractivity contribution >= 4 is 33.4 Å². The number of esters is 2. The molecule has 0 aliphatic rings. The van der Waals surface area contributed by atoms with Crippen LogP contribution in [0.3, 0.4) is 0 Å². The molecule has 3 aromatic rings. The maximum atomic E-state index is 12.8. The first kappa shape index (κ1) is 22.4. The second kappa shape index (κ2) is 9.67. The Morgan fingerprint density at radius 2 is 1.58 bits per heavy atom. The summed E-state index contributed by atoms with van der Waals surface area (Å²) in [5, 5.41) is 2.43. The van der Waals surface area contributed by atoms with Crippen LogP contribution in [-0.2, 0) is 14.2 Å². The minimum atomic E-state index is -0.673. The van der Waals surface area contributed by atoms with Gasteiger partial charge < -0.3 is 28.4 Å². The molecular formula is C22H22O8S. The number of methoxy groups -OCH3 is 5. The highest BCUT2D eigenvalue weighted by molar-refractivity contribution is 7.18. The molecule has 0 radical (unpaired) electrons. The molecule has 0 saturated carbocycles. The topological polar surface area (TPSA) is 89.5 Å². The van der Waals surface area contributed by atoms with Gasteiger partial charge in [-0.3, -0.25) is 0 Å². The van der Waals surface area contributed by atoms with Gasteiger partial charge in [0, 0.05) is 28.1 Å². The summed E-state index contributed by atoms with van der Waals surface area (Å²) in [7, 11) is 7.07. The summed E-state index contributed by atoms with van der Waals surface area (Å²) in [6.45, 7) is 0.0316. The van der Waals surface area contributed by atoms with Gasteiger partial charge in [-0.15, -0.1) is 11.3 Å². The molecule has 0 fully saturated rings. The molecule has 164 valence electrons. The Balaban J connectivity index is 2.42. The molecule has 9 heteroatoms. The highest BCUT2D eigenvalue weighted by Gasteiger charge is 2.28. The van der Waals surface area contributed by atoms with Crippen LogP contribution in [0.15, 0.2) is 29.6 Å². The molecule has 1 heterocycles. The van der Waals surface area contributed by atoms with E-state index >= 15 is 0 Å². The molecule has 0 N–H and O–H groups in total. The Morgan fingerprint density at radius 1 is 0.871 bits per heavy atom. The first-order valence-corrected chi connectivity index (χ1v) is 9.97. The van der Waals surface area contributed by atoms with Gasteiger partial charge in [0.2, 0.25) is 0 Å². The van der Waals surface area contributed by atoms with E-state index in [2.05, 4.69) is 0 Å². The lowest BCUT2D eigenvalue weighted by Gasteiger charge is -2.16. The largest absolute Gasteiger partial charge is 0.493 e. The molecule has 2 aromatic carbocycles. The molecule has 0 aliphatic heterocycles. The van der Waals surface area contributed by atoms with Crippen molar-refractivity contribution < 1.29 is 38.0 Å². The van der Waals surface area contributed by atoms with E-state index in [4.69, 9.17) is 28.4 Å². The summed E-state index contributed by atoms with van der Waals surface area (Å²) in [6, 6.07) is 6.80. The Bertz CT molecular complexity index is 1120. The van der Waals surface area contributed by atoms with Crippen LogP contribution in [0, 0.1) is 0 Å². The lowest BCUT2D eigenvalue weighted by Crippen LogP contribution is -2.13. The van der Waals surface area contributed by atoms with E-state index in [1.54, 1.807) is 29.6 Å². The average Bonchev–Trinajstić information content (AvgIpc) is 3.22. The predicted octanol–water partition coefficient (Wildman–Crippen LogP) is 4.14. The van der Waals surface area contributed by atoms with Crippen LogP contribution in [0.1, 0.15) is 20.7 Å². The molecule has 31 heavy (non-hydrogen) atoms. The molecule has 0 unspecified atom stereocenters. The smallest absolute Gasteiger partial charge is 0.339 e. The number of benzene rings is 2. The van der Waals surface area contributed by atoms with Crippen LogP contribution in [0.2, 0.25) is 0 Å². The van der Waals surface area contributed by atoms with Crippen molar-refractivity contribution in [2.45, 2.75) is 0 Å². The molecule has 0 spiro atoms. The first-order chi connectivity index (χ1) is 15.0. The fraction of sp³-hybridized carbons (Fsp3) is 0.273. The second-order valence-corrected chi connectivity index (χ2v) is 7.13. The van der Waals surface area contributed by atoms with Gasteiger partial charge in [-0.05, 0) is 23.8 Å². The number of hydrogen-bond donors (Lipinski definition) is 0. The third-order valence-electron chi connectivity index (χ3n) is 4.63. The first-order valence-electron chi connectivity index (χ1n) is 9.09. The quantitative estimate of drug-likeness (QED) is 0.377. The van der Waals surface area contributed by atoms with Crippen molar-refractivity contribution in [2.24, 2.45) is 0 Å². The van der Waals surface area contributed by atoms with E-state index in [9.17, 15) is 9.59 Å². The summed E-state index contributed by atoms with van der Waals surface area (Å²) in [5.74, 6) is 0.180. The van der Waals surface area contributed by atoms with Gasteiger partial charge in [-0.25, -0.2) is 9.59 Å². The van der Waals surface area contributed by atoms with E-state index in [1.165, 1.54) is 46.9 Å². The van der Waals surface area contributed by atoms with Gasteiger partial charge >= 0.3 is 11.9 Å². The van der Waals surface area contributed by atoms with Gasteiger partial charge in [0.1, 0.15) is 5.75 Å². The molecule has 0 saturated heterocycles. The van der Waals surface area contributed by atoms with Crippen molar-refractivity contribution in [3.05, 3.63) is 40.8 Å². The number of rotatable bonds is 8. The second-order valence-electron chi connectivity index (χ2n) is 6.25. The number of hydrogen-bond acceptors (Lipinski definition) is 9. The Morgan fingerprint density at radius 3 is 2.19 bits per heavy atom. The van der Waals surface area contributed by atoms with E-state index < -0.39 is 11.9 Å². The molecule has 0 bridgehead atoms. The van der Waals surface area contributed by atoms with Crippen molar-refractivity contribution in [3.8, 4) is 28.4 Å². The van der Waals surface area contributed by atoms with Crippen molar-refractivity contribution in [1.29, 1.82) is 0 Å². The third-order valence-corrected chi connectivity index (χ3v) is 5.62. The lowest BCUT2D eigenvalue weighted by atomic mass is 9.93. The Kier molecular flexibility index (Phi) is 6.98. The standard InChI is InChI=1S/C22H22O8S/c1-25-11-30-17-10-31-20-13(17)9-14(21(23)28-4)19(22(24)29-5)18(20)12-6-7-15(26-2)16(8-12)27-3/h6-10H,11H2,1-5H3. The fourth-order valence-corrected chi connectivity index (χ4v) is 4.28. The monoisotopic (exact) mass is 446 g/mol. The molecule has 0 atom stereocenters. The van der Waals surface area contributed by atoms with Gasteiger partial charge in [0.05, 0.1) is 39.6 Å². The molecule has 0 amide bonds. The Hall–Kier alpha value is -3.30. The number of fused-ring (bicyclic) bond motifs is 1. The minimum absolute atomic E-state index is 0.0316.